The van der Waals surface area contributed by atoms with Crippen LogP contribution in [0.25, 0.3) is 17.1 Å². The molecule has 0 N–H and O–H groups in total. The van der Waals surface area contributed by atoms with Gasteiger partial charge in [-0.05, 0) is 41.8 Å². The van der Waals surface area contributed by atoms with Crippen LogP contribution in [0, 0.1) is 5.82 Å². The Kier molecular flexibility index (Phi) is 3.93. The monoisotopic (exact) mass is 338 g/mol. The molecule has 0 saturated heterocycles. The Labute approximate surface area is 143 Å². The van der Waals surface area contributed by atoms with Crippen molar-refractivity contribution < 1.29 is 18.0 Å². The molecule has 0 fully saturated rings. The van der Waals surface area contributed by atoms with Crippen molar-refractivity contribution in [2.24, 2.45) is 0 Å². The summed E-state index contributed by atoms with van der Waals surface area (Å²) >= 11 is 0. The van der Waals surface area contributed by atoms with E-state index in [0.29, 0.717) is 31.0 Å². The molecule has 0 aliphatic carbocycles. The molecule has 6 heteroatoms. The number of rotatable bonds is 3. The summed E-state index contributed by atoms with van der Waals surface area (Å²) in [4.78, 5) is 18.5. The van der Waals surface area contributed by atoms with Crippen LogP contribution in [0.1, 0.15) is 22.5 Å². The number of carbonyl (C=O) groups is 1. The molecule has 1 aliphatic heterocycles. The first kappa shape index (κ1) is 15.4. The largest absolute Gasteiger partial charge is 0.461 e. The van der Waals surface area contributed by atoms with Gasteiger partial charge in [0.25, 0.3) is 5.91 Å². The standard InChI is InChI=1S/C19H15FN2O3/c20-15-5-3-13(4-6-15)14-7-9-22(10-8-14)19(23)17-18(25-12-21-17)16-2-1-11-24-16/h1-7,11-12H,8-10H2. The first-order valence-electron chi connectivity index (χ1n) is 7.94. The molecule has 0 unspecified atom stereocenters. The SMILES string of the molecule is O=C(c1ncoc1-c1ccco1)N1CC=C(c2ccc(F)cc2)CC1. The zero-order valence-electron chi connectivity index (χ0n) is 13.3. The van der Waals surface area contributed by atoms with Crippen molar-refractivity contribution in [2.45, 2.75) is 6.42 Å². The average molecular weight is 338 g/mol. The highest BCUT2D eigenvalue weighted by molar-refractivity contribution is 5.97. The minimum atomic E-state index is -0.256. The Morgan fingerprint density at radius 3 is 2.68 bits per heavy atom. The van der Waals surface area contributed by atoms with E-state index in [0.717, 1.165) is 11.1 Å². The molecule has 126 valence electrons. The summed E-state index contributed by atoms with van der Waals surface area (Å²) in [5.41, 5.74) is 2.33. The van der Waals surface area contributed by atoms with Crippen LogP contribution in [0.15, 0.2) is 64.0 Å². The van der Waals surface area contributed by atoms with E-state index in [4.69, 9.17) is 8.83 Å². The van der Waals surface area contributed by atoms with Gasteiger partial charge in [0.2, 0.25) is 5.76 Å². The second-order valence-electron chi connectivity index (χ2n) is 5.74. The second-order valence-corrected chi connectivity index (χ2v) is 5.74. The van der Waals surface area contributed by atoms with Gasteiger partial charge in [-0.1, -0.05) is 18.2 Å². The van der Waals surface area contributed by atoms with Crippen molar-refractivity contribution in [1.82, 2.24) is 9.88 Å². The maximum absolute atomic E-state index is 13.0. The van der Waals surface area contributed by atoms with Crippen molar-refractivity contribution in [3.05, 3.63) is 72.2 Å². The Morgan fingerprint density at radius 1 is 1.16 bits per heavy atom. The number of halogens is 1. The van der Waals surface area contributed by atoms with Crippen LogP contribution < -0.4 is 0 Å². The number of amides is 1. The number of hydrogen-bond donors (Lipinski definition) is 0. The molecule has 0 atom stereocenters. The Hall–Kier alpha value is -3.15. The van der Waals surface area contributed by atoms with Crippen LogP contribution in [0.2, 0.25) is 0 Å². The number of hydrogen-bond acceptors (Lipinski definition) is 4. The summed E-state index contributed by atoms with van der Waals surface area (Å²) in [6.45, 7) is 1.03. The van der Waals surface area contributed by atoms with Gasteiger partial charge in [-0.25, -0.2) is 9.37 Å². The Bertz CT molecular complexity index is 911. The van der Waals surface area contributed by atoms with E-state index < -0.39 is 0 Å². The Balaban J connectivity index is 1.52. The minimum Gasteiger partial charge on any atom is -0.461 e. The van der Waals surface area contributed by atoms with Crippen molar-refractivity contribution in [1.29, 1.82) is 0 Å². The van der Waals surface area contributed by atoms with Crippen LogP contribution in [0.4, 0.5) is 4.39 Å². The Morgan fingerprint density at radius 2 is 2.00 bits per heavy atom. The van der Waals surface area contributed by atoms with Gasteiger partial charge in [0.05, 0.1) is 6.26 Å². The topological polar surface area (TPSA) is 59.5 Å². The molecule has 1 aliphatic rings. The first-order chi connectivity index (χ1) is 12.2. The van der Waals surface area contributed by atoms with E-state index in [1.165, 1.54) is 24.8 Å². The van der Waals surface area contributed by atoms with Crippen molar-refractivity contribution in [3.63, 3.8) is 0 Å². The second kappa shape index (κ2) is 6.39. The zero-order chi connectivity index (χ0) is 17.2. The van der Waals surface area contributed by atoms with Crippen LogP contribution >= 0.6 is 0 Å². The van der Waals surface area contributed by atoms with E-state index in [1.54, 1.807) is 29.2 Å². The number of nitrogens with zero attached hydrogens (tertiary/aromatic N) is 2. The average Bonchev–Trinajstić information content (AvgIpc) is 3.33. The van der Waals surface area contributed by atoms with Crippen LogP contribution in [-0.2, 0) is 0 Å². The molecule has 0 bridgehead atoms. The maximum Gasteiger partial charge on any atom is 0.276 e. The van der Waals surface area contributed by atoms with E-state index in [-0.39, 0.29) is 17.4 Å². The summed E-state index contributed by atoms with van der Waals surface area (Å²) in [6, 6.07) is 9.85. The predicted octanol–water partition coefficient (Wildman–Crippen LogP) is 4.00. The lowest BCUT2D eigenvalue weighted by Crippen LogP contribution is -2.35. The summed E-state index contributed by atoms with van der Waals surface area (Å²) in [5.74, 6) is 0.353. The maximum atomic E-state index is 13.0. The molecule has 1 aromatic carbocycles. The van der Waals surface area contributed by atoms with Crippen LogP contribution in [0.5, 0.6) is 0 Å². The van der Waals surface area contributed by atoms with Gasteiger partial charge in [0.1, 0.15) is 5.82 Å². The molecular weight excluding hydrogens is 323 g/mol. The minimum absolute atomic E-state index is 0.199. The van der Waals surface area contributed by atoms with Gasteiger partial charge in [0, 0.05) is 13.1 Å². The third-order valence-electron chi connectivity index (χ3n) is 4.23. The number of carbonyl (C=O) groups excluding carboxylic acids is 1. The lowest BCUT2D eigenvalue weighted by molar-refractivity contribution is 0.0767. The highest BCUT2D eigenvalue weighted by Crippen LogP contribution is 2.27. The fourth-order valence-corrected chi connectivity index (χ4v) is 2.91. The van der Waals surface area contributed by atoms with E-state index in [2.05, 4.69) is 4.98 Å². The fraction of sp³-hybridized carbons (Fsp3) is 0.158. The summed E-state index contributed by atoms with van der Waals surface area (Å²) in [5, 5.41) is 0. The molecule has 2 aromatic heterocycles. The highest BCUT2D eigenvalue weighted by atomic mass is 19.1. The van der Waals surface area contributed by atoms with E-state index in [9.17, 15) is 9.18 Å². The first-order valence-corrected chi connectivity index (χ1v) is 7.94. The van der Waals surface area contributed by atoms with Gasteiger partial charge in [-0.2, -0.15) is 0 Å². The van der Waals surface area contributed by atoms with Crippen LogP contribution in [0.3, 0.4) is 0 Å². The summed E-state index contributed by atoms with van der Waals surface area (Å²) < 4.78 is 23.7. The molecule has 3 heterocycles. The molecular formula is C19H15FN2O3. The van der Waals surface area contributed by atoms with Gasteiger partial charge in [-0.15, -0.1) is 0 Å². The number of furan rings is 1. The number of oxazole rings is 1. The molecule has 0 radical (unpaired) electrons. The van der Waals surface area contributed by atoms with E-state index >= 15 is 0 Å². The number of benzene rings is 1. The van der Waals surface area contributed by atoms with Gasteiger partial charge in [-0.3, -0.25) is 4.79 Å². The normalized spacial score (nSPS) is 14.4. The third-order valence-corrected chi connectivity index (χ3v) is 4.23. The van der Waals surface area contributed by atoms with Crippen molar-refractivity contribution in [2.75, 3.05) is 13.1 Å². The molecule has 25 heavy (non-hydrogen) atoms. The van der Waals surface area contributed by atoms with Crippen LogP contribution in [-0.4, -0.2) is 28.9 Å². The summed E-state index contributed by atoms with van der Waals surface area (Å²) in [6.07, 6.45) is 5.45. The molecule has 3 aromatic rings. The molecule has 5 nitrogen and oxygen atoms in total. The quantitative estimate of drug-likeness (QED) is 0.724. The lowest BCUT2D eigenvalue weighted by atomic mass is 9.99. The molecule has 1 amide bonds. The van der Waals surface area contributed by atoms with E-state index in [1.807, 2.05) is 6.08 Å². The molecule has 0 saturated carbocycles. The zero-order valence-corrected chi connectivity index (χ0v) is 13.3. The predicted molar refractivity (Wildman–Crippen MR) is 89.1 cm³/mol. The third kappa shape index (κ3) is 2.98. The van der Waals surface area contributed by atoms with Crippen molar-refractivity contribution in [3.8, 4) is 11.5 Å². The highest BCUT2D eigenvalue weighted by Gasteiger charge is 2.26. The van der Waals surface area contributed by atoms with Gasteiger partial charge in [0.15, 0.2) is 17.8 Å². The fourth-order valence-electron chi connectivity index (χ4n) is 2.91. The molecule has 0 spiro atoms. The van der Waals surface area contributed by atoms with Gasteiger partial charge < -0.3 is 13.7 Å². The van der Waals surface area contributed by atoms with Gasteiger partial charge >= 0.3 is 0 Å². The smallest absolute Gasteiger partial charge is 0.276 e. The number of aromatic nitrogens is 1. The molecule has 4 rings (SSSR count). The lowest BCUT2D eigenvalue weighted by Gasteiger charge is -2.26. The van der Waals surface area contributed by atoms with Crippen molar-refractivity contribution >= 4 is 11.5 Å². The summed E-state index contributed by atoms with van der Waals surface area (Å²) in [7, 11) is 0.